The van der Waals surface area contributed by atoms with Crippen molar-refractivity contribution in [3.63, 3.8) is 0 Å². The molecule has 30 heavy (non-hydrogen) atoms. The second-order valence-corrected chi connectivity index (χ2v) is 8.33. The number of rotatable bonds is 5. The molecule has 1 aliphatic carbocycles. The molecule has 5 rings (SSSR count). The van der Waals surface area contributed by atoms with Crippen molar-refractivity contribution in [2.75, 3.05) is 5.32 Å². The lowest BCUT2D eigenvalue weighted by atomic mass is 9.86. The summed E-state index contributed by atoms with van der Waals surface area (Å²) >= 11 is 1.62. The normalized spacial score (nSPS) is 14.7. The van der Waals surface area contributed by atoms with E-state index >= 15 is 0 Å². The van der Waals surface area contributed by atoms with Crippen molar-refractivity contribution in [3.8, 4) is 11.6 Å². The Bertz CT molecular complexity index is 1150. The van der Waals surface area contributed by atoms with Gasteiger partial charge in [0.2, 0.25) is 5.88 Å². The highest BCUT2D eigenvalue weighted by atomic mass is 32.1. The van der Waals surface area contributed by atoms with Crippen LogP contribution in [0.1, 0.15) is 37.3 Å². The van der Waals surface area contributed by atoms with E-state index < -0.39 is 0 Å². The maximum absolute atomic E-state index is 11.6. The third kappa shape index (κ3) is 4.02. The first-order valence-corrected chi connectivity index (χ1v) is 10.8. The third-order valence-electron chi connectivity index (χ3n) is 5.24. The zero-order chi connectivity index (χ0) is 20.3. The van der Waals surface area contributed by atoms with Crippen LogP contribution in [0.5, 0.6) is 11.6 Å². The molecule has 1 aliphatic rings. The van der Waals surface area contributed by atoms with Crippen molar-refractivity contribution in [2.24, 2.45) is 0 Å². The summed E-state index contributed by atoms with van der Waals surface area (Å²) in [5.41, 5.74) is 2.76. The van der Waals surface area contributed by atoms with E-state index in [-0.39, 0.29) is 5.92 Å². The number of benzene rings is 2. The smallest absolute Gasteiger partial charge is 0.241 e. The molecule has 150 valence electrons. The molecule has 1 N–H and O–H groups in total. The Balaban J connectivity index is 1.30. The van der Waals surface area contributed by atoms with E-state index in [1.807, 2.05) is 42.5 Å². The minimum Gasteiger partial charge on any atom is -0.437 e. The second kappa shape index (κ2) is 8.20. The lowest BCUT2D eigenvalue weighted by molar-refractivity contribution is -0.120. The van der Waals surface area contributed by atoms with E-state index in [1.54, 1.807) is 23.7 Å². The molecule has 2 aromatic carbocycles. The van der Waals surface area contributed by atoms with Crippen LogP contribution in [0.15, 0.2) is 60.9 Å². The molecule has 1 saturated carbocycles. The van der Waals surface area contributed by atoms with Gasteiger partial charge in [0.05, 0.1) is 10.2 Å². The van der Waals surface area contributed by atoms with Crippen LogP contribution in [0.3, 0.4) is 0 Å². The van der Waals surface area contributed by atoms with Crippen molar-refractivity contribution in [2.45, 2.75) is 31.6 Å². The van der Waals surface area contributed by atoms with E-state index in [4.69, 9.17) is 4.74 Å². The Morgan fingerprint density at radius 2 is 1.73 bits per heavy atom. The van der Waals surface area contributed by atoms with Crippen LogP contribution in [0.2, 0.25) is 0 Å². The second-order valence-electron chi connectivity index (χ2n) is 7.30. The lowest BCUT2D eigenvalue weighted by Crippen LogP contribution is -2.14. The number of carbonyl (C=O) groups is 1. The molecule has 2 heterocycles. The van der Waals surface area contributed by atoms with Crippen molar-refractivity contribution in [1.29, 1.82) is 0 Å². The van der Waals surface area contributed by atoms with Crippen LogP contribution >= 0.6 is 11.3 Å². The highest BCUT2D eigenvalue weighted by Gasteiger charge is 2.25. The number of thiazole rings is 1. The molecule has 2 aromatic heterocycles. The number of fused-ring (bicyclic) bond motifs is 1. The Morgan fingerprint density at radius 3 is 2.53 bits per heavy atom. The third-order valence-corrected chi connectivity index (χ3v) is 6.19. The number of anilines is 2. The fraction of sp³-hybridized carbons (Fsp3) is 0.217. The van der Waals surface area contributed by atoms with Gasteiger partial charge >= 0.3 is 0 Å². The highest BCUT2D eigenvalue weighted by molar-refractivity contribution is 7.22. The molecular weight excluding hydrogens is 396 g/mol. The first kappa shape index (κ1) is 18.7. The lowest BCUT2D eigenvalue weighted by Gasteiger charge is -2.21. The Kier molecular flexibility index (Phi) is 5.11. The largest absolute Gasteiger partial charge is 0.437 e. The Hall–Kier alpha value is -3.32. The van der Waals surface area contributed by atoms with Crippen LogP contribution < -0.4 is 10.1 Å². The summed E-state index contributed by atoms with van der Waals surface area (Å²) in [5, 5.41) is 4.20. The summed E-state index contributed by atoms with van der Waals surface area (Å²) in [7, 11) is 0. The first-order valence-electron chi connectivity index (χ1n) is 9.98. The van der Waals surface area contributed by atoms with Gasteiger partial charge in [0.15, 0.2) is 5.13 Å². The van der Waals surface area contributed by atoms with E-state index in [0.29, 0.717) is 30.3 Å². The van der Waals surface area contributed by atoms with Gasteiger partial charge < -0.3 is 10.1 Å². The number of hydrogen-bond donors (Lipinski definition) is 1. The molecule has 1 fully saturated rings. The number of nitrogens with zero attached hydrogens (tertiary/aromatic N) is 3. The maximum atomic E-state index is 11.6. The summed E-state index contributed by atoms with van der Waals surface area (Å²) in [6.07, 6.45) is 6.14. The zero-order valence-corrected chi connectivity index (χ0v) is 17.1. The van der Waals surface area contributed by atoms with E-state index in [1.165, 1.54) is 0 Å². The SMILES string of the molecule is O=C1CCC(c2nccnc2Oc2ccc(Nc3nc4ccccc4s3)cc2)CC1. The number of para-hydroxylation sites is 1. The van der Waals surface area contributed by atoms with E-state index in [2.05, 4.69) is 26.3 Å². The number of nitrogens with one attached hydrogen (secondary N) is 1. The Morgan fingerprint density at radius 1 is 0.967 bits per heavy atom. The topological polar surface area (TPSA) is 77.0 Å². The van der Waals surface area contributed by atoms with Crippen LogP contribution in [0.25, 0.3) is 10.2 Å². The number of ether oxygens (including phenoxy) is 1. The number of hydrogen-bond acceptors (Lipinski definition) is 7. The summed E-state index contributed by atoms with van der Waals surface area (Å²) in [6, 6.07) is 15.8. The van der Waals surface area contributed by atoms with Gasteiger partial charge in [-0.2, -0.15) is 0 Å². The summed E-state index contributed by atoms with van der Waals surface area (Å²) in [6.45, 7) is 0. The zero-order valence-electron chi connectivity index (χ0n) is 16.2. The fourth-order valence-corrected chi connectivity index (χ4v) is 4.56. The number of Topliss-reactive ketones (excluding diaryl/α,β-unsaturated/α-hetero) is 1. The summed E-state index contributed by atoms with van der Waals surface area (Å²) in [4.78, 5) is 25.0. The predicted octanol–water partition coefficient (Wildman–Crippen LogP) is 5.85. The van der Waals surface area contributed by atoms with Gasteiger partial charge in [-0.15, -0.1) is 0 Å². The summed E-state index contributed by atoms with van der Waals surface area (Å²) in [5.74, 6) is 1.75. The predicted molar refractivity (Wildman–Crippen MR) is 118 cm³/mol. The number of ketones is 1. The Labute approximate surface area is 178 Å². The molecule has 0 aliphatic heterocycles. The van der Waals surface area contributed by atoms with Crippen LogP contribution in [-0.4, -0.2) is 20.7 Å². The molecule has 7 heteroatoms. The molecule has 0 amide bonds. The fourth-order valence-electron chi connectivity index (χ4n) is 3.67. The van der Waals surface area contributed by atoms with Crippen molar-refractivity contribution in [1.82, 2.24) is 15.0 Å². The van der Waals surface area contributed by atoms with Gasteiger partial charge in [0.25, 0.3) is 0 Å². The minimum atomic E-state index is 0.214. The molecular formula is C23H20N4O2S. The molecule has 0 saturated heterocycles. The number of aromatic nitrogens is 3. The van der Waals surface area contributed by atoms with Crippen LogP contribution in [0.4, 0.5) is 10.8 Å². The molecule has 0 unspecified atom stereocenters. The average Bonchev–Trinajstić information content (AvgIpc) is 3.18. The first-order chi connectivity index (χ1) is 14.7. The monoisotopic (exact) mass is 416 g/mol. The van der Waals surface area contributed by atoms with E-state index in [9.17, 15) is 4.79 Å². The van der Waals surface area contributed by atoms with Crippen LogP contribution in [-0.2, 0) is 4.79 Å². The van der Waals surface area contributed by atoms with Gasteiger partial charge in [-0.3, -0.25) is 9.78 Å². The van der Waals surface area contributed by atoms with Gasteiger partial charge in [-0.05, 0) is 49.2 Å². The molecule has 0 radical (unpaired) electrons. The highest BCUT2D eigenvalue weighted by Crippen LogP contribution is 2.36. The van der Waals surface area contributed by atoms with Gasteiger partial charge in [0, 0.05) is 36.8 Å². The van der Waals surface area contributed by atoms with Gasteiger partial charge in [-0.25, -0.2) is 9.97 Å². The molecule has 4 aromatic rings. The molecule has 0 spiro atoms. The quantitative estimate of drug-likeness (QED) is 0.440. The number of carbonyl (C=O) groups excluding carboxylic acids is 1. The van der Waals surface area contributed by atoms with Gasteiger partial charge in [0.1, 0.15) is 17.2 Å². The average molecular weight is 417 g/mol. The summed E-state index contributed by atoms with van der Waals surface area (Å²) < 4.78 is 7.20. The van der Waals surface area contributed by atoms with Gasteiger partial charge in [-0.1, -0.05) is 23.5 Å². The van der Waals surface area contributed by atoms with Crippen molar-refractivity contribution in [3.05, 3.63) is 66.6 Å². The molecule has 0 bridgehead atoms. The van der Waals surface area contributed by atoms with Crippen molar-refractivity contribution >= 4 is 38.2 Å². The van der Waals surface area contributed by atoms with Crippen LogP contribution in [0, 0.1) is 0 Å². The molecule has 6 nitrogen and oxygen atoms in total. The van der Waals surface area contributed by atoms with E-state index in [0.717, 1.165) is 39.6 Å². The van der Waals surface area contributed by atoms with Crippen molar-refractivity contribution < 1.29 is 9.53 Å². The molecule has 0 atom stereocenters. The standard InChI is InChI=1S/C23H20N4O2S/c28-17-9-5-15(6-10-17)21-22(25-14-13-24-21)29-18-11-7-16(8-12-18)26-23-27-19-3-1-2-4-20(19)30-23/h1-4,7-8,11-15H,5-6,9-10H2,(H,26,27). The minimum absolute atomic E-state index is 0.214. The maximum Gasteiger partial charge on any atom is 0.241 e.